The number of aromatic amines is 1. The summed E-state index contributed by atoms with van der Waals surface area (Å²) in [6.07, 6.45) is 2.33. The summed E-state index contributed by atoms with van der Waals surface area (Å²) in [4.78, 5) is 31.8. The van der Waals surface area contributed by atoms with Gasteiger partial charge in [0.15, 0.2) is 16.3 Å². The van der Waals surface area contributed by atoms with Gasteiger partial charge in [-0.15, -0.1) is 0 Å². The molecule has 1 amide bonds. The number of hydrogen-bond acceptors (Lipinski definition) is 6. The Morgan fingerprint density at radius 2 is 1.74 bits per heavy atom. The highest BCUT2D eigenvalue weighted by molar-refractivity contribution is 7.71. The summed E-state index contributed by atoms with van der Waals surface area (Å²) in [6.45, 7) is 7.19. The number of carbonyl (C=O) groups is 1. The van der Waals surface area contributed by atoms with E-state index < -0.39 is 0 Å². The Hall–Kier alpha value is -4.11. The zero-order valence-electron chi connectivity index (χ0n) is 22.0. The zero-order chi connectivity index (χ0) is 27.1. The Morgan fingerprint density at radius 1 is 1.00 bits per heavy atom. The molecule has 1 saturated heterocycles. The van der Waals surface area contributed by atoms with E-state index in [1.807, 2.05) is 42.5 Å². The largest absolute Gasteiger partial charge is 0.454 e. The summed E-state index contributed by atoms with van der Waals surface area (Å²) in [5, 5.41) is 3.41. The van der Waals surface area contributed by atoms with Gasteiger partial charge in [0.05, 0.1) is 17.4 Å². The molecule has 0 spiro atoms. The van der Waals surface area contributed by atoms with Gasteiger partial charge in [0.25, 0.3) is 11.5 Å². The SMILES string of the molecule is CC1(C)CCN(c2ccc(NC(=O)c3ccc4c(=O)n(Cc5ccc6c(c5)OCO6)c(=S)[nH]c4c3)cc2)CC1. The molecular weight excluding hydrogens is 512 g/mol. The van der Waals surface area contributed by atoms with E-state index >= 15 is 0 Å². The van der Waals surface area contributed by atoms with Crippen LogP contribution < -0.4 is 25.2 Å². The highest BCUT2D eigenvalue weighted by Crippen LogP contribution is 2.33. The second-order valence-electron chi connectivity index (χ2n) is 10.9. The number of benzene rings is 3. The maximum absolute atomic E-state index is 13.3. The minimum atomic E-state index is -0.256. The Kier molecular flexibility index (Phi) is 6.38. The van der Waals surface area contributed by atoms with Crippen LogP contribution in [0, 0.1) is 10.2 Å². The molecule has 39 heavy (non-hydrogen) atoms. The number of amides is 1. The molecule has 0 bridgehead atoms. The van der Waals surface area contributed by atoms with Crippen LogP contribution in [0.4, 0.5) is 11.4 Å². The molecule has 3 aromatic carbocycles. The predicted octanol–water partition coefficient (Wildman–Crippen LogP) is 5.71. The van der Waals surface area contributed by atoms with Crippen LogP contribution in [0.5, 0.6) is 11.5 Å². The number of fused-ring (bicyclic) bond motifs is 2. The Morgan fingerprint density at radius 3 is 2.51 bits per heavy atom. The van der Waals surface area contributed by atoms with Gasteiger partial charge in [0.2, 0.25) is 6.79 Å². The van der Waals surface area contributed by atoms with Crippen LogP contribution in [0.3, 0.4) is 0 Å². The molecule has 1 aromatic heterocycles. The summed E-state index contributed by atoms with van der Waals surface area (Å²) in [5.41, 5.74) is 3.87. The average Bonchev–Trinajstić information content (AvgIpc) is 3.39. The first-order chi connectivity index (χ1) is 18.8. The van der Waals surface area contributed by atoms with Crippen LogP contribution in [-0.4, -0.2) is 35.3 Å². The van der Waals surface area contributed by atoms with E-state index in [9.17, 15) is 9.59 Å². The molecule has 6 rings (SSSR count). The first kappa shape index (κ1) is 25.2. The zero-order valence-corrected chi connectivity index (χ0v) is 22.8. The molecule has 0 radical (unpaired) electrons. The fraction of sp³-hybridized carbons (Fsp3) is 0.300. The van der Waals surface area contributed by atoms with E-state index in [1.54, 1.807) is 18.2 Å². The van der Waals surface area contributed by atoms with E-state index in [4.69, 9.17) is 21.7 Å². The molecule has 0 aliphatic carbocycles. The van der Waals surface area contributed by atoms with Gasteiger partial charge in [-0.2, -0.15) is 0 Å². The number of hydrogen-bond donors (Lipinski definition) is 2. The molecule has 8 nitrogen and oxygen atoms in total. The molecule has 200 valence electrons. The summed E-state index contributed by atoms with van der Waals surface area (Å²) in [6, 6.07) is 18.5. The monoisotopic (exact) mass is 542 g/mol. The third-order valence-corrected chi connectivity index (χ3v) is 7.95. The number of nitrogens with one attached hydrogen (secondary N) is 2. The Bertz CT molecular complexity index is 1680. The maximum atomic E-state index is 13.3. The number of H-pyrrole nitrogens is 1. The fourth-order valence-electron chi connectivity index (χ4n) is 5.09. The van der Waals surface area contributed by atoms with Gasteiger partial charge < -0.3 is 24.7 Å². The van der Waals surface area contributed by atoms with E-state index in [2.05, 4.69) is 29.0 Å². The second-order valence-corrected chi connectivity index (χ2v) is 11.3. The summed E-state index contributed by atoms with van der Waals surface area (Å²) in [5.74, 6) is 1.08. The van der Waals surface area contributed by atoms with E-state index in [1.165, 1.54) is 23.1 Å². The van der Waals surface area contributed by atoms with Crippen molar-refractivity contribution < 1.29 is 14.3 Å². The van der Waals surface area contributed by atoms with Crippen LogP contribution >= 0.6 is 12.2 Å². The third-order valence-electron chi connectivity index (χ3n) is 7.63. The van der Waals surface area contributed by atoms with Crippen molar-refractivity contribution in [2.45, 2.75) is 33.2 Å². The molecular formula is C30H30N4O4S. The van der Waals surface area contributed by atoms with E-state index in [0.29, 0.717) is 39.1 Å². The van der Waals surface area contributed by atoms with Gasteiger partial charge in [0.1, 0.15) is 0 Å². The van der Waals surface area contributed by atoms with Crippen molar-refractivity contribution >= 4 is 40.4 Å². The van der Waals surface area contributed by atoms with Crippen molar-refractivity contribution in [1.29, 1.82) is 0 Å². The number of nitrogens with zero attached hydrogens (tertiary/aromatic N) is 2. The predicted molar refractivity (Wildman–Crippen MR) is 155 cm³/mol. The van der Waals surface area contributed by atoms with Gasteiger partial charge in [-0.1, -0.05) is 19.9 Å². The number of carbonyl (C=O) groups excluding carboxylic acids is 1. The lowest BCUT2D eigenvalue weighted by molar-refractivity contribution is 0.102. The van der Waals surface area contributed by atoms with Gasteiger partial charge in [-0.25, -0.2) is 0 Å². The Labute approximate surface area is 231 Å². The molecule has 2 N–H and O–H groups in total. The van der Waals surface area contributed by atoms with Crippen molar-refractivity contribution in [3.8, 4) is 11.5 Å². The highest BCUT2D eigenvalue weighted by atomic mass is 32.1. The van der Waals surface area contributed by atoms with Gasteiger partial charge in [0, 0.05) is 30.0 Å². The number of anilines is 2. The number of aromatic nitrogens is 2. The highest BCUT2D eigenvalue weighted by Gasteiger charge is 2.25. The summed E-state index contributed by atoms with van der Waals surface area (Å²) >= 11 is 5.50. The molecule has 2 aliphatic rings. The number of rotatable bonds is 5. The lowest BCUT2D eigenvalue weighted by Gasteiger charge is -2.38. The van der Waals surface area contributed by atoms with Gasteiger partial charge in [-0.3, -0.25) is 14.2 Å². The molecule has 4 aromatic rings. The normalized spacial score (nSPS) is 15.9. The van der Waals surface area contributed by atoms with Crippen LogP contribution in [0.2, 0.25) is 0 Å². The van der Waals surface area contributed by atoms with E-state index in [0.717, 1.165) is 18.7 Å². The van der Waals surface area contributed by atoms with Crippen molar-refractivity contribution in [1.82, 2.24) is 9.55 Å². The molecule has 1 fully saturated rings. The molecule has 0 atom stereocenters. The molecule has 9 heteroatoms. The number of ether oxygens (including phenoxy) is 2. The van der Waals surface area contributed by atoms with Crippen molar-refractivity contribution in [3.05, 3.63) is 86.9 Å². The quantitative estimate of drug-likeness (QED) is 0.314. The van der Waals surface area contributed by atoms with Crippen molar-refractivity contribution in [2.75, 3.05) is 30.1 Å². The lowest BCUT2D eigenvalue weighted by Crippen LogP contribution is -2.37. The third kappa shape index (κ3) is 5.14. The first-order valence-electron chi connectivity index (χ1n) is 13.1. The first-order valence-corrected chi connectivity index (χ1v) is 13.5. The smallest absolute Gasteiger partial charge is 0.262 e. The van der Waals surface area contributed by atoms with Gasteiger partial charge in [-0.05, 0) is 90.6 Å². The number of piperidine rings is 1. The van der Waals surface area contributed by atoms with Crippen molar-refractivity contribution in [3.63, 3.8) is 0 Å². The van der Waals surface area contributed by atoms with Crippen LogP contribution in [-0.2, 0) is 6.54 Å². The standard InChI is InChI=1S/C30H30N4O4S/c1-30(2)11-13-33(14-12-30)22-7-5-21(6-8-22)31-27(35)20-4-9-23-24(16-20)32-29(39)34(28(23)36)17-19-3-10-25-26(15-19)38-18-37-25/h3-10,15-16H,11-14,17-18H2,1-2H3,(H,31,35)(H,32,39). The maximum Gasteiger partial charge on any atom is 0.262 e. The molecule has 3 heterocycles. The summed E-state index contributed by atoms with van der Waals surface area (Å²) in [7, 11) is 0. The lowest BCUT2D eigenvalue weighted by atomic mass is 9.82. The summed E-state index contributed by atoms with van der Waals surface area (Å²) < 4.78 is 12.6. The Balaban J connectivity index is 1.18. The minimum Gasteiger partial charge on any atom is -0.454 e. The van der Waals surface area contributed by atoms with Crippen molar-refractivity contribution in [2.24, 2.45) is 5.41 Å². The second kappa shape index (κ2) is 9.89. The van der Waals surface area contributed by atoms with Crippen LogP contribution in [0.1, 0.15) is 42.6 Å². The van der Waals surface area contributed by atoms with Gasteiger partial charge >= 0.3 is 0 Å². The van der Waals surface area contributed by atoms with Crippen LogP contribution in [0.25, 0.3) is 10.9 Å². The van der Waals surface area contributed by atoms with Crippen LogP contribution in [0.15, 0.2) is 65.5 Å². The molecule has 0 saturated carbocycles. The minimum absolute atomic E-state index is 0.188. The average molecular weight is 543 g/mol. The topological polar surface area (TPSA) is 88.6 Å². The molecule has 0 unspecified atom stereocenters. The molecule has 2 aliphatic heterocycles. The fourth-order valence-corrected chi connectivity index (χ4v) is 5.35. The van der Waals surface area contributed by atoms with E-state index in [-0.39, 0.29) is 29.6 Å².